The highest BCUT2D eigenvalue weighted by atomic mass is 127. The van der Waals surface area contributed by atoms with Gasteiger partial charge in [-0.3, -0.25) is 4.79 Å². The van der Waals surface area contributed by atoms with Gasteiger partial charge >= 0.3 is 0 Å². The van der Waals surface area contributed by atoms with Crippen LogP contribution in [0.4, 0.5) is 0 Å². The van der Waals surface area contributed by atoms with Crippen LogP contribution in [-0.2, 0) is 5.75 Å². The molecule has 2 aromatic rings. The molecule has 2 aromatic carbocycles. The number of benzene rings is 2. The van der Waals surface area contributed by atoms with E-state index in [1.807, 2.05) is 48.5 Å². The molecule has 0 N–H and O–H groups in total. The third-order valence-electron chi connectivity index (χ3n) is 2.58. The van der Waals surface area contributed by atoms with Gasteiger partial charge in [-0.1, -0.05) is 35.9 Å². The normalized spacial score (nSPS) is 10.4. The summed E-state index contributed by atoms with van der Waals surface area (Å²) in [7, 11) is 0. The smallest absolute Gasteiger partial charge is 0.172 e. The number of thioether (sulfide) groups is 1. The van der Waals surface area contributed by atoms with Crippen LogP contribution < -0.4 is 0 Å². The van der Waals surface area contributed by atoms with Gasteiger partial charge in [-0.05, 0) is 52.4 Å². The van der Waals surface area contributed by atoms with E-state index in [0.29, 0.717) is 5.75 Å². The number of ketones is 1. The largest absolute Gasteiger partial charge is 0.293 e. The monoisotopic (exact) mass is 402 g/mol. The van der Waals surface area contributed by atoms with E-state index in [-0.39, 0.29) is 5.78 Å². The number of rotatable bonds is 5. The van der Waals surface area contributed by atoms with Crippen LogP contribution in [0.2, 0.25) is 5.02 Å². The first-order valence-corrected chi connectivity index (χ1v) is 8.37. The predicted octanol–water partition coefficient (Wildman–Crippen LogP) is 5.06. The zero-order valence-corrected chi connectivity index (χ0v) is 13.8. The quantitative estimate of drug-likeness (QED) is 0.513. The molecule has 0 radical (unpaired) electrons. The average Bonchev–Trinajstić information content (AvgIpc) is 2.41. The fourth-order valence-electron chi connectivity index (χ4n) is 1.56. The predicted molar refractivity (Wildman–Crippen MR) is 91.1 cm³/mol. The molecule has 1 nitrogen and oxygen atoms in total. The van der Waals surface area contributed by atoms with Gasteiger partial charge < -0.3 is 0 Å². The minimum atomic E-state index is 0.176. The maximum absolute atomic E-state index is 12.0. The Balaban J connectivity index is 1.84. The fourth-order valence-corrected chi connectivity index (χ4v) is 2.93. The summed E-state index contributed by atoms with van der Waals surface area (Å²) in [6, 6.07) is 15.4. The lowest BCUT2D eigenvalue weighted by molar-refractivity contribution is 0.102. The standard InChI is InChI=1S/C15H12ClIOS/c16-13-5-1-11(2-6-13)9-19-10-15(18)12-3-7-14(17)8-4-12/h1-8H,9-10H2. The van der Waals surface area contributed by atoms with Crippen molar-refractivity contribution in [1.29, 1.82) is 0 Å². The van der Waals surface area contributed by atoms with Crippen molar-refractivity contribution in [3.63, 3.8) is 0 Å². The van der Waals surface area contributed by atoms with Crippen LogP contribution in [0.25, 0.3) is 0 Å². The van der Waals surface area contributed by atoms with Crippen molar-refractivity contribution < 1.29 is 4.79 Å². The Morgan fingerprint density at radius 3 is 2.32 bits per heavy atom. The first-order chi connectivity index (χ1) is 9.15. The molecule has 0 spiro atoms. The molecule has 0 aromatic heterocycles. The summed E-state index contributed by atoms with van der Waals surface area (Å²) in [6.07, 6.45) is 0. The Kier molecular flexibility index (Phi) is 5.73. The zero-order valence-electron chi connectivity index (χ0n) is 10.1. The molecule has 0 unspecified atom stereocenters. The Hall–Kier alpha value is -0.520. The van der Waals surface area contributed by atoms with E-state index >= 15 is 0 Å². The summed E-state index contributed by atoms with van der Waals surface area (Å²) in [5.74, 6) is 1.51. The number of carbonyl (C=O) groups is 1. The van der Waals surface area contributed by atoms with Crippen LogP contribution in [0.1, 0.15) is 15.9 Å². The molecular weight excluding hydrogens is 391 g/mol. The van der Waals surface area contributed by atoms with E-state index in [2.05, 4.69) is 22.6 Å². The lowest BCUT2D eigenvalue weighted by Crippen LogP contribution is -2.02. The third kappa shape index (κ3) is 4.82. The van der Waals surface area contributed by atoms with Gasteiger partial charge in [0.25, 0.3) is 0 Å². The van der Waals surface area contributed by atoms with Crippen molar-refractivity contribution in [3.05, 3.63) is 68.3 Å². The fraction of sp³-hybridized carbons (Fsp3) is 0.133. The average molecular weight is 403 g/mol. The lowest BCUT2D eigenvalue weighted by atomic mass is 10.2. The lowest BCUT2D eigenvalue weighted by Gasteiger charge is -2.03. The molecule has 0 aliphatic rings. The number of halogens is 2. The van der Waals surface area contributed by atoms with E-state index in [0.717, 1.165) is 19.9 Å². The molecule has 0 aliphatic heterocycles. The summed E-state index contributed by atoms with van der Waals surface area (Å²) in [5, 5.41) is 0.740. The molecule has 0 amide bonds. The van der Waals surface area contributed by atoms with Gasteiger partial charge in [-0.15, -0.1) is 11.8 Å². The van der Waals surface area contributed by atoms with E-state index in [1.165, 1.54) is 5.56 Å². The van der Waals surface area contributed by atoms with Gasteiger partial charge in [-0.25, -0.2) is 0 Å². The van der Waals surface area contributed by atoms with Gasteiger partial charge in [0, 0.05) is 19.9 Å². The van der Waals surface area contributed by atoms with Crippen molar-refractivity contribution in [2.45, 2.75) is 5.75 Å². The summed E-state index contributed by atoms with van der Waals surface area (Å²) < 4.78 is 1.14. The second kappa shape index (κ2) is 7.31. The van der Waals surface area contributed by atoms with Crippen molar-refractivity contribution in [2.24, 2.45) is 0 Å². The highest BCUT2D eigenvalue weighted by Crippen LogP contribution is 2.17. The molecule has 0 fully saturated rings. The number of hydrogen-bond acceptors (Lipinski definition) is 2. The summed E-state index contributed by atoms with van der Waals surface area (Å²) in [5.41, 5.74) is 1.97. The van der Waals surface area contributed by atoms with Gasteiger partial charge in [0.05, 0.1) is 5.75 Å². The number of carbonyl (C=O) groups excluding carboxylic acids is 1. The second-order valence-corrected chi connectivity index (χ2v) is 6.72. The molecule has 2 rings (SSSR count). The minimum Gasteiger partial charge on any atom is -0.293 e. The Morgan fingerprint density at radius 1 is 1.05 bits per heavy atom. The summed E-state index contributed by atoms with van der Waals surface area (Å²) in [4.78, 5) is 12.0. The SMILES string of the molecule is O=C(CSCc1ccc(Cl)cc1)c1ccc(I)cc1. The van der Waals surface area contributed by atoms with E-state index < -0.39 is 0 Å². The minimum absolute atomic E-state index is 0.176. The van der Waals surface area contributed by atoms with Crippen LogP contribution in [0.5, 0.6) is 0 Å². The molecule has 19 heavy (non-hydrogen) atoms. The van der Waals surface area contributed by atoms with Crippen molar-refractivity contribution in [2.75, 3.05) is 5.75 Å². The Bertz CT molecular complexity index is 551. The molecule has 98 valence electrons. The first kappa shape index (κ1) is 14.9. The van der Waals surface area contributed by atoms with Gasteiger partial charge in [-0.2, -0.15) is 0 Å². The van der Waals surface area contributed by atoms with Crippen LogP contribution in [0.3, 0.4) is 0 Å². The molecule has 0 saturated heterocycles. The van der Waals surface area contributed by atoms with Crippen LogP contribution >= 0.6 is 46.0 Å². The zero-order chi connectivity index (χ0) is 13.7. The Labute approximate surface area is 135 Å². The third-order valence-corrected chi connectivity index (χ3v) is 4.56. The van der Waals surface area contributed by atoms with E-state index in [1.54, 1.807) is 11.8 Å². The van der Waals surface area contributed by atoms with E-state index in [9.17, 15) is 4.79 Å². The molecule has 0 aliphatic carbocycles. The topological polar surface area (TPSA) is 17.1 Å². The van der Waals surface area contributed by atoms with Crippen molar-refractivity contribution in [1.82, 2.24) is 0 Å². The number of Topliss-reactive ketones (excluding diaryl/α,β-unsaturated/α-hetero) is 1. The molecule has 0 saturated carbocycles. The maximum Gasteiger partial charge on any atom is 0.172 e. The van der Waals surface area contributed by atoms with E-state index in [4.69, 9.17) is 11.6 Å². The summed E-state index contributed by atoms with van der Waals surface area (Å²) >= 11 is 9.68. The molecule has 0 bridgehead atoms. The molecular formula is C15H12ClIOS. The van der Waals surface area contributed by atoms with Gasteiger partial charge in [0.15, 0.2) is 5.78 Å². The van der Waals surface area contributed by atoms with Crippen molar-refractivity contribution in [3.8, 4) is 0 Å². The van der Waals surface area contributed by atoms with Crippen molar-refractivity contribution >= 4 is 51.7 Å². The molecule has 4 heteroatoms. The van der Waals surface area contributed by atoms with Gasteiger partial charge in [0.2, 0.25) is 0 Å². The van der Waals surface area contributed by atoms with Crippen LogP contribution in [-0.4, -0.2) is 11.5 Å². The second-order valence-electron chi connectivity index (χ2n) is 4.05. The molecule has 0 atom stereocenters. The maximum atomic E-state index is 12.0. The Morgan fingerprint density at radius 2 is 1.68 bits per heavy atom. The number of hydrogen-bond donors (Lipinski definition) is 0. The van der Waals surface area contributed by atoms with Gasteiger partial charge in [0.1, 0.15) is 0 Å². The summed E-state index contributed by atoms with van der Waals surface area (Å²) in [6.45, 7) is 0. The van der Waals surface area contributed by atoms with Crippen LogP contribution in [0.15, 0.2) is 48.5 Å². The first-order valence-electron chi connectivity index (χ1n) is 5.76. The highest BCUT2D eigenvalue weighted by molar-refractivity contribution is 14.1. The van der Waals surface area contributed by atoms with Crippen LogP contribution in [0, 0.1) is 3.57 Å². The highest BCUT2D eigenvalue weighted by Gasteiger charge is 2.05. The molecule has 0 heterocycles.